The maximum atomic E-state index is 4.53. The third-order valence-electron chi connectivity index (χ3n) is 5.48. The molecule has 6 nitrogen and oxygen atoms in total. The molecular formula is C21H24N6. The molecule has 27 heavy (non-hydrogen) atoms. The van der Waals surface area contributed by atoms with Crippen LogP contribution in [0.25, 0.3) is 22.0 Å². The highest BCUT2D eigenvalue weighted by Crippen LogP contribution is 2.29. The molecule has 2 aliphatic rings. The van der Waals surface area contributed by atoms with Gasteiger partial charge in [0.2, 0.25) is 5.95 Å². The first kappa shape index (κ1) is 16.4. The van der Waals surface area contributed by atoms with Gasteiger partial charge in [0.25, 0.3) is 0 Å². The van der Waals surface area contributed by atoms with Gasteiger partial charge in [0.05, 0.1) is 5.52 Å². The first-order valence-corrected chi connectivity index (χ1v) is 9.95. The van der Waals surface area contributed by atoms with Crippen molar-refractivity contribution in [2.75, 3.05) is 10.6 Å². The Bertz CT molecular complexity index is 929. The van der Waals surface area contributed by atoms with E-state index >= 15 is 0 Å². The molecule has 0 radical (unpaired) electrons. The Labute approximate surface area is 158 Å². The Morgan fingerprint density at radius 3 is 2.30 bits per heavy atom. The molecule has 0 unspecified atom stereocenters. The fourth-order valence-corrected chi connectivity index (χ4v) is 3.75. The van der Waals surface area contributed by atoms with Crippen molar-refractivity contribution in [3.8, 4) is 11.1 Å². The molecule has 0 saturated heterocycles. The Hall–Kier alpha value is -2.76. The topological polar surface area (TPSA) is 75.6 Å². The van der Waals surface area contributed by atoms with Crippen LogP contribution in [0.15, 0.2) is 36.9 Å². The Balaban J connectivity index is 1.43. The maximum Gasteiger partial charge on any atom is 0.222 e. The van der Waals surface area contributed by atoms with Crippen LogP contribution in [0, 0.1) is 0 Å². The number of benzene rings is 1. The second-order valence-corrected chi connectivity index (χ2v) is 7.65. The zero-order chi connectivity index (χ0) is 18.1. The average molecular weight is 360 g/mol. The minimum Gasteiger partial charge on any atom is -0.367 e. The van der Waals surface area contributed by atoms with Gasteiger partial charge in [-0.25, -0.2) is 19.9 Å². The molecule has 6 heteroatoms. The molecule has 2 aliphatic carbocycles. The van der Waals surface area contributed by atoms with Crippen LogP contribution in [0.1, 0.15) is 44.9 Å². The maximum absolute atomic E-state index is 4.53. The molecule has 2 fully saturated rings. The summed E-state index contributed by atoms with van der Waals surface area (Å²) in [7, 11) is 0. The van der Waals surface area contributed by atoms with Gasteiger partial charge in [-0.15, -0.1) is 0 Å². The van der Waals surface area contributed by atoms with Gasteiger partial charge < -0.3 is 10.6 Å². The van der Waals surface area contributed by atoms with Crippen molar-refractivity contribution in [3.63, 3.8) is 0 Å². The molecule has 2 heterocycles. The summed E-state index contributed by atoms with van der Waals surface area (Å²) in [5, 5.41) is 8.03. The fraction of sp³-hybridized carbons (Fsp3) is 0.429. The van der Waals surface area contributed by atoms with E-state index < -0.39 is 0 Å². The molecule has 0 spiro atoms. The molecule has 2 aromatic heterocycles. The zero-order valence-corrected chi connectivity index (χ0v) is 15.4. The van der Waals surface area contributed by atoms with Crippen LogP contribution in [-0.2, 0) is 0 Å². The van der Waals surface area contributed by atoms with Gasteiger partial charge >= 0.3 is 0 Å². The van der Waals surface area contributed by atoms with Crippen molar-refractivity contribution in [3.05, 3.63) is 36.9 Å². The lowest BCUT2D eigenvalue weighted by atomic mass is 9.95. The van der Waals surface area contributed by atoms with E-state index in [1.54, 1.807) is 6.33 Å². The highest BCUT2D eigenvalue weighted by Gasteiger charge is 2.21. The second kappa shape index (κ2) is 7.10. The summed E-state index contributed by atoms with van der Waals surface area (Å²) < 4.78 is 0. The molecule has 2 N–H and O–H groups in total. The van der Waals surface area contributed by atoms with Crippen molar-refractivity contribution in [1.82, 2.24) is 19.9 Å². The third-order valence-corrected chi connectivity index (χ3v) is 5.48. The molecule has 0 atom stereocenters. The van der Waals surface area contributed by atoms with Crippen LogP contribution >= 0.6 is 0 Å². The fourth-order valence-electron chi connectivity index (χ4n) is 3.75. The van der Waals surface area contributed by atoms with Crippen LogP contribution in [-0.4, -0.2) is 32.0 Å². The van der Waals surface area contributed by atoms with Gasteiger partial charge in [0.1, 0.15) is 12.1 Å². The molecule has 0 aliphatic heterocycles. The molecule has 138 valence electrons. The predicted octanol–water partition coefficient (Wildman–Crippen LogP) is 4.41. The van der Waals surface area contributed by atoms with Crippen molar-refractivity contribution in [1.29, 1.82) is 0 Å². The van der Waals surface area contributed by atoms with E-state index in [4.69, 9.17) is 0 Å². The number of nitrogens with one attached hydrogen (secondary N) is 2. The van der Waals surface area contributed by atoms with E-state index in [1.807, 2.05) is 12.4 Å². The molecular weight excluding hydrogens is 336 g/mol. The van der Waals surface area contributed by atoms with E-state index in [2.05, 4.69) is 48.8 Å². The summed E-state index contributed by atoms with van der Waals surface area (Å²) in [5.41, 5.74) is 3.05. The lowest BCUT2D eigenvalue weighted by Crippen LogP contribution is -2.23. The van der Waals surface area contributed by atoms with Gasteiger partial charge in [-0.1, -0.05) is 25.3 Å². The van der Waals surface area contributed by atoms with Gasteiger partial charge in [0.15, 0.2) is 0 Å². The summed E-state index contributed by atoms with van der Waals surface area (Å²) in [6.07, 6.45) is 14.2. The predicted molar refractivity (Wildman–Crippen MR) is 108 cm³/mol. The molecule has 1 aromatic carbocycles. The smallest absolute Gasteiger partial charge is 0.222 e. The highest BCUT2D eigenvalue weighted by atomic mass is 15.1. The summed E-state index contributed by atoms with van der Waals surface area (Å²) >= 11 is 0. The Morgan fingerprint density at radius 2 is 1.52 bits per heavy atom. The number of hydrogen-bond donors (Lipinski definition) is 2. The molecule has 5 rings (SSSR count). The quantitative estimate of drug-likeness (QED) is 0.702. The van der Waals surface area contributed by atoms with Crippen LogP contribution < -0.4 is 10.6 Å². The van der Waals surface area contributed by atoms with Gasteiger partial charge in [0, 0.05) is 35.4 Å². The molecule has 0 bridgehead atoms. The number of aromatic nitrogens is 4. The summed E-state index contributed by atoms with van der Waals surface area (Å²) in [6.45, 7) is 0. The highest BCUT2D eigenvalue weighted by molar-refractivity contribution is 5.92. The van der Waals surface area contributed by atoms with Crippen LogP contribution in [0.2, 0.25) is 0 Å². The Kier molecular flexibility index (Phi) is 4.32. The van der Waals surface area contributed by atoms with E-state index in [-0.39, 0.29) is 0 Å². The number of fused-ring (bicyclic) bond motifs is 1. The van der Waals surface area contributed by atoms with Gasteiger partial charge in [-0.05, 0) is 43.4 Å². The molecule has 0 amide bonds. The van der Waals surface area contributed by atoms with Crippen LogP contribution in [0.5, 0.6) is 0 Å². The van der Waals surface area contributed by atoms with Crippen molar-refractivity contribution in [2.45, 2.75) is 57.0 Å². The first-order chi connectivity index (χ1) is 13.3. The number of anilines is 2. The van der Waals surface area contributed by atoms with Gasteiger partial charge in [-0.2, -0.15) is 0 Å². The standard InChI is InChI=1S/C21H24N6/c1-2-4-16(5-3-1)26-20-18-10-14(6-9-19(18)24-13-25-20)15-11-22-21(23-12-15)27-17-7-8-17/h6,9-13,16-17H,1-5,7-8H2,(H,22,23,27)(H,24,25,26). The van der Waals surface area contributed by atoms with E-state index in [0.717, 1.165) is 27.8 Å². The summed E-state index contributed by atoms with van der Waals surface area (Å²) in [4.78, 5) is 17.9. The molecule has 3 aromatic rings. The van der Waals surface area contributed by atoms with Crippen molar-refractivity contribution in [2.24, 2.45) is 0 Å². The average Bonchev–Trinajstić information content (AvgIpc) is 3.53. The number of rotatable bonds is 5. The lowest BCUT2D eigenvalue weighted by molar-refractivity contribution is 0.462. The lowest BCUT2D eigenvalue weighted by Gasteiger charge is -2.23. The number of nitrogens with zero attached hydrogens (tertiary/aromatic N) is 4. The van der Waals surface area contributed by atoms with Gasteiger partial charge in [-0.3, -0.25) is 0 Å². The number of hydrogen-bond acceptors (Lipinski definition) is 6. The third kappa shape index (κ3) is 3.70. The first-order valence-electron chi connectivity index (χ1n) is 9.95. The van der Waals surface area contributed by atoms with Crippen molar-refractivity contribution >= 4 is 22.7 Å². The Morgan fingerprint density at radius 1 is 0.741 bits per heavy atom. The second-order valence-electron chi connectivity index (χ2n) is 7.65. The van der Waals surface area contributed by atoms with Crippen LogP contribution in [0.4, 0.5) is 11.8 Å². The SMILES string of the molecule is c1nc(NC2CCCCC2)c2cc(-c3cnc(NC4CC4)nc3)ccc2n1. The minimum atomic E-state index is 0.511. The summed E-state index contributed by atoms with van der Waals surface area (Å²) in [6, 6.07) is 7.34. The zero-order valence-electron chi connectivity index (χ0n) is 15.4. The largest absolute Gasteiger partial charge is 0.367 e. The summed E-state index contributed by atoms with van der Waals surface area (Å²) in [5.74, 6) is 1.65. The van der Waals surface area contributed by atoms with Crippen LogP contribution in [0.3, 0.4) is 0 Å². The normalized spacial score (nSPS) is 17.8. The van der Waals surface area contributed by atoms with E-state index in [0.29, 0.717) is 18.0 Å². The monoisotopic (exact) mass is 360 g/mol. The van der Waals surface area contributed by atoms with E-state index in [9.17, 15) is 0 Å². The molecule has 2 saturated carbocycles. The van der Waals surface area contributed by atoms with Crippen molar-refractivity contribution < 1.29 is 0 Å². The van der Waals surface area contributed by atoms with E-state index in [1.165, 1.54) is 44.9 Å². The minimum absolute atomic E-state index is 0.511.